The van der Waals surface area contributed by atoms with Crippen LogP contribution >= 0.6 is 11.3 Å². The minimum Gasteiger partial charge on any atom is -0.319 e. The maximum atomic E-state index is 4.82. The molecule has 0 amide bonds. The molecule has 0 aliphatic rings. The zero-order valence-corrected chi connectivity index (χ0v) is 12.3. The van der Waals surface area contributed by atoms with E-state index in [-0.39, 0.29) is 0 Å². The molecule has 0 aliphatic heterocycles. The Hall–Kier alpha value is -2.39. The molecule has 0 atom stereocenters. The number of hydrogen-bond donors (Lipinski definition) is 0. The Morgan fingerprint density at radius 3 is 2.48 bits per heavy atom. The van der Waals surface area contributed by atoms with Gasteiger partial charge in [0.05, 0.1) is 15.9 Å². The minimum atomic E-state index is 0.842. The molecule has 2 heterocycles. The highest BCUT2D eigenvalue weighted by molar-refractivity contribution is 7.13. The number of hydrogen-bond acceptors (Lipinski definition) is 2. The Balaban J connectivity index is 1.91. The predicted octanol–water partition coefficient (Wildman–Crippen LogP) is 4.81. The number of fused-ring (bicyclic) bond motifs is 1. The third-order valence-corrected chi connectivity index (χ3v) is 4.45. The molecule has 4 rings (SSSR count). The Labute approximate surface area is 127 Å². The Morgan fingerprint density at radius 1 is 0.857 bits per heavy atom. The van der Waals surface area contributed by atoms with Gasteiger partial charge < -0.3 is 4.57 Å². The van der Waals surface area contributed by atoms with Gasteiger partial charge >= 0.3 is 0 Å². The molecule has 0 saturated heterocycles. The molecule has 0 spiro atoms. The summed E-state index contributed by atoms with van der Waals surface area (Å²) >= 11 is 1.73. The van der Waals surface area contributed by atoms with E-state index >= 15 is 0 Å². The number of para-hydroxylation sites is 2. The van der Waals surface area contributed by atoms with Crippen LogP contribution in [0.25, 0.3) is 21.7 Å². The fourth-order valence-corrected chi connectivity index (χ4v) is 3.32. The second-order valence-corrected chi connectivity index (χ2v) is 5.92. The van der Waals surface area contributed by atoms with Crippen molar-refractivity contribution in [1.82, 2.24) is 9.55 Å². The van der Waals surface area contributed by atoms with Gasteiger partial charge in [0.25, 0.3) is 0 Å². The number of nitrogens with zero attached hydrogens (tertiary/aromatic N) is 2. The molecule has 0 unspecified atom stereocenters. The Kier molecular flexibility index (Phi) is 3.05. The fraction of sp³-hybridized carbons (Fsp3) is 0.0556. The van der Waals surface area contributed by atoms with Gasteiger partial charge in [-0.2, -0.15) is 0 Å². The number of imidazole rings is 1. The van der Waals surface area contributed by atoms with Gasteiger partial charge in [-0.3, -0.25) is 0 Å². The Bertz CT molecular complexity index is 861. The van der Waals surface area contributed by atoms with Crippen molar-refractivity contribution in [3.8, 4) is 10.7 Å². The minimum absolute atomic E-state index is 0.842. The highest BCUT2D eigenvalue weighted by Gasteiger charge is 2.13. The highest BCUT2D eigenvalue weighted by atomic mass is 32.1. The van der Waals surface area contributed by atoms with Crippen molar-refractivity contribution < 1.29 is 0 Å². The molecule has 2 aromatic carbocycles. The molecular formula is C18H14N2S. The SMILES string of the molecule is c1ccc(Cn2c(-c3cccs3)nc3ccccc32)cc1. The lowest BCUT2D eigenvalue weighted by Gasteiger charge is -2.08. The van der Waals surface area contributed by atoms with Crippen LogP contribution in [0, 0.1) is 0 Å². The van der Waals surface area contributed by atoms with Crippen LogP contribution in [-0.2, 0) is 6.54 Å². The molecular weight excluding hydrogens is 276 g/mol. The van der Waals surface area contributed by atoms with Crippen LogP contribution < -0.4 is 0 Å². The average molecular weight is 290 g/mol. The van der Waals surface area contributed by atoms with E-state index < -0.39 is 0 Å². The quantitative estimate of drug-likeness (QED) is 0.529. The first-order valence-electron chi connectivity index (χ1n) is 6.95. The zero-order chi connectivity index (χ0) is 14.1. The molecule has 4 aromatic rings. The average Bonchev–Trinajstić information content (AvgIpc) is 3.16. The monoisotopic (exact) mass is 290 g/mol. The maximum Gasteiger partial charge on any atom is 0.151 e. The summed E-state index contributed by atoms with van der Waals surface area (Å²) in [5.74, 6) is 1.05. The van der Waals surface area contributed by atoms with Crippen molar-refractivity contribution >= 4 is 22.4 Å². The summed E-state index contributed by atoms with van der Waals surface area (Å²) in [6, 6.07) is 23.1. The lowest BCUT2D eigenvalue weighted by molar-refractivity contribution is 0.836. The first-order valence-corrected chi connectivity index (χ1v) is 7.83. The predicted molar refractivity (Wildman–Crippen MR) is 88.6 cm³/mol. The van der Waals surface area contributed by atoms with Crippen molar-refractivity contribution in [3.05, 3.63) is 77.7 Å². The van der Waals surface area contributed by atoms with Gasteiger partial charge in [0.1, 0.15) is 0 Å². The van der Waals surface area contributed by atoms with Gasteiger partial charge in [-0.25, -0.2) is 4.98 Å². The molecule has 0 bridgehead atoms. The fourth-order valence-electron chi connectivity index (χ4n) is 2.60. The van der Waals surface area contributed by atoms with Gasteiger partial charge in [0.2, 0.25) is 0 Å². The molecule has 0 radical (unpaired) electrons. The van der Waals surface area contributed by atoms with Crippen molar-refractivity contribution in [2.45, 2.75) is 6.54 Å². The van der Waals surface area contributed by atoms with E-state index in [1.807, 2.05) is 6.07 Å². The molecule has 0 fully saturated rings. The van der Waals surface area contributed by atoms with Crippen molar-refractivity contribution in [2.75, 3.05) is 0 Å². The van der Waals surface area contributed by atoms with Crippen molar-refractivity contribution in [1.29, 1.82) is 0 Å². The van der Waals surface area contributed by atoms with Gasteiger partial charge in [0.15, 0.2) is 5.82 Å². The molecule has 102 valence electrons. The summed E-state index contributed by atoms with van der Waals surface area (Å²) in [6.07, 6.45) is 0. The highest BCUT2D eigenvalue weighted by Crippen LogP contribution is 2.28. The first-order chi connectivity index (χ1) is 10.4. The second kappa shape index (κ2) is 5.19. The van der Waals surface area contributed by atoms with Gasteiger partial charge in [-0.15, -0.1) is 11.3 Å². The standard InChI is InChI=1S/C18H14N2S/c1-2-7-14(8-3-1)13-20-16-10-5-4-9-15(16)19-18(20)17-11-6-12-21-17/h1-12H,13H2. The van der Waals surface area contributed by atoms with E-state index in [9.17, 15) is 0 Å². The van der Waals surface area contributed by atoms with E-state index in [2.05, 4.69) is 70.6 Å². The van der Waals surface area contributed by atoms with Crippen LogP contribution in [0.2, 0.25) is 0 Å². The van der Waals surface area contributed by atoms with Crippen LogP contribution in [0.4, 0.5) is 0 Å². The summed E-state index contributed by atoms with van der Waals surface area (Å²) in [4.78, 5) is 6.03. The van der Waals surface area contributed by atoms with E-state index in [0.717, 1.165) is 17.9 Å². The summed E-state index contributed by atoms with van der Waals surface area (Å²) in [5.41, 5.74) is 3.53. The zero-order valence-electron chi connectivity index (χ0n) is 11.4. The van der Waals surface area contributed by atoms with Crippen LogP contribution in [0.5, 0.6) is 0 Å². The second-order valence-electron chi connectivity index (χ2n) is 4.97. The lowest BCUT2D eigenvalue weighted by atomic mass is 10.2. The topological polar surface area (TPSA) is 17.8 Å². The molecule has 21 heavy (non-hydrogen) atoms. The normalized spacial score (nSPS) is 11.0. The van der Waals surface area contributed by atoms with Crippen LogP contribution in [0.1, 0.15) is 5.56 Å². The number of benzene rings is 2. The van der Waals surface area contributed by atoms with Crippen LogP contribution in [-0.4, -0.2) is 9.55 Å². The third-order valence-electron chi connectivity index (χ3n) is 3.58. The van der Waals surface area contributed by atoms with Gasteiger partial charge in [0, 0.05) is 6.54 Å². The largest absolute Gasteiger partial charge is 0.319 e. The lowest BCUT2D eigenvalue weighted by Crippen LogP contribution is -2.01. The number of rotatable bonds is 3. The Morgan fingerprint density at radius 2 is 1.67 bits per heavy atom. The number of thiophene rings is 1. The third kappa shape index (κ3) is 2.26. The summed E-state index contributed by atoms with van der Waals surface area (Å²) < 4.78 is 2.30. The summed E-state index contributed by atoms with van der Waals surface area (Å²) in [6.45, 7) is 0.842. The molecule has 3 heteroatoms. The van der Waals surface area contributed by atoms with E-state index in [1.54, 1.807) is 11.3 Å². The molecule has 2 aromatic heterocycles. The van der Waals surface area contributed by atoms with Crippen LogP contribution in [0.3, 0.4) is 0 Å². The van der Waals surface area contributed by atoms with Crippen molar-refractivity contribution in [2.24, 2.45) is 0 Å². The van der Waals surface area contributed by atoms with Gasteiger partial charge in [-0.05, 0) is 29.1 Å². The molecule has 2 nitrogen and oxygen atoms in total. The summed E-state index contributed by atoms with van der Waals surface area (Å²) in [5, 5.41) is 2.10. The van der Waals surface area contributed by atoms with E-state index in [0.29, 0.717) is 0 Å². The maximum absolute atomic E-state index is 4.82. The smallest absolute Gasteiger partial charge is 0.151 e. The summed E-state index contributed by atoms with van der Waals surface area (Å²) in [7, 11) is 0. The molecule has 0 aliphatic carbocycles. The molecule has 0 N–H and O–H groups in total. The van der Waals surface area contributed by atoms with Crippen molar-refractivity contribution in [3.63, 3.8) is 0 Å². The number of aromatic nitrogens is 2. The first kappa shape index (κ1) is 12.4. The molecule has 0 saturated carbocycles. The van der Waals surface area contributed by atoms with Gasteiger partial charge in [-0.1, -0.05) is 48.5 Å². The van der Waals surface area contributed by atoms with Crippen LogP contribution in [0.15, 0.2) is 72.1 Å². The van der Waals surface area contributed by atoms with E-state index in [4.69, 9.17) is 4.98 Å². The van der Waals surface area contributed by atoms with E-state index in [1.165, 1.54) is 16.0 Å².